The molecule has 3 atom stereocenters. The first-order valence-electron chi connectivity index (χ1n) is 10.3. The Balaban J connectivity index is 0.00000256. The summed E-state index contributed by atoms with van der Waals surface area (Å²) in [7, 11) is 0. The van der Waals surface area contributed by atoms with Crippen molar-refractivity contribution in [2.45, 2.75) is 37.8 Å². The number of likely N-dealkylation sites (tertiary alicyclic amines) is 1. The Bertz CT molecular complexity index is 892. The van der Waals surface area contributed by atoms with Gasteiger partial charge in [-0.25, -0.2) is 0 Å². The Morgan fingerprint density at radius 2 is 1.90 bits per heavy atom. The number of nitrogens with zero attached hydrogens (tertiary/aromatic N) is 2. The highest BCUT2D eigenvalue weighted by Crippen LogP contribution is 2.28. The number of hydrogen-bond donors (Lipinski definition) is 2. The molecule has 7 heteroatoms. The third-order valence-corrected chi connectivity index (χ3v) is 6.05. The first-order chi connectivity index (χ1) is 14.0. The van der Waals surface area contributed by atoms with Crippen molar-refractivity contribution in [2.24, 2.45) is 5.73 Å². The molecule has 6 nitrogen and oxygen atoms in total. The summed E-state index contributed by atoms with van der Waals surface area (Å²) in [4.78, 5) is 28.8. The summed E-state index contributed by atoms with van der Waals surface area (Å²) in [6.07, 6.45) is 1.47. The minimum atomic E-state index is -0.285. The van der Waals surface area contributed by atoms with Crippen molar-refractivity contribution in [3.63, 3.8) is 0 Å². The maximum atomic E-state index is 12.9. The van der Waals surface area contributed by atoms with E-state index in [-0.39, 0.29) is 42.2 Å². The van der Waals surface area contributed by atoms with E-state index in [0.29, 0.717) is 18.7 Å². The van der Waals surface area contributed by atoms with Gasteiger partial charge in [0.15, 0.2) is 0 Å². The van der Waals surface area contributed by atoms with E-state index in [2.05, 4.69) is 22.3 Å². The highest BCUT2D eigenvalue weighted by Gasteiger charge is 2.35. The smallest absolute Gasteiger partial charge is 0.241 e. The Morgan fingerprint density at radius 1 is 1.13 bits per heavy atom. The van der Waals surface area contributed by atoms with Crippen molar-refractivity contribution in [1.82, 2.24) is 4.90 Å². The number of nitrogens with one attached hydrogen (secondary N) is 1. The van der Waals surface area contributed by atoms with Crippen LogP contribution < -0.4 is 16.0 Å². The van der Waals surface area contributed by atoms with Gasteiger partial charge >= 0.3 is 0 Å². The lowest BCUT2D eigenvalue weighted by atomic mass is 9.95. The van der Waals surface area contributed by atoms with Crippen LogP contribution in [-0.4, -0.2) is 48.4 Å². The van der Waals surface area contributed by atoms with E-state index >= 15 is 0 Å². The lowest BCUT2D eigenvalue weighted by Gasteiger charge is -2.24. The maximum absolute atomic E-state index is 12.9. The predicted molar refractivity (Wildman–Crippen MR) is 122 cm³/mol. The van der Waals surface area contributed by atoms with Crippen LogP contribution in [0.5, 0.6) is 0 Å². The summed E-state index contributed by atoms with van der Waals surface area (Å²) in [6.45, 7) is 4.11. The van der Waals surface area contributed by atoms with Crippen LogP contribution >= 0.6 is 12.4 Å². The van der Waals surface area contributed by atoms with Crippen LogP contribution in [0.15, 0.2) is 54.6 Å². The summed E-state index contributed by atoms with van der Waals surface area (Å²) in [5, 5.41) is 3.01. The first-order valence-corrected chi connectivity index (χ1v) is 10.3. The molecule has 2 saturated heterocycles. The molecule has 3 N–H and O–H groups in total. The van der Waals surface area contributed by atoms with Crippen LogP contribution in [-0.2, 0) is 9.59 Å². The fourth-order valence-electron chi connectivity index (χ4n) is 4.31. The molecule has 4 rings (SSSR count). The largest absolute Gasteiger partial charge is 0.326 e. The van der Waals surface area contributed by atoms with Gasteiger partial charge in [-0.1, -0.05) is 36.4 Å². The van der Waals surface area contributed by atoms with E-state index in [9.17, 15) is 9.59 Å². The molecule has 0 aliphatic carbocycles. The highest BCUT2D eigenvalue weighted by atomic mass is 35.5. The van der Waals surface area contributed by atoms with Gasteiger partial charge in [0.1, 0.15) is 0 Å². The summed E-state index contributed by atoms with van der Waals surface area (Å²) >= 11 is 0. The van der Waals surface area contributed by atoms with Crippen molar-refractivity contribution in [3.05, 3.63) is 60.2 Å². The van der Waals surface area contributed by atoms with Crippen LogP contribution in [0.4, 0.5) is 11.4 Å². The average Bonchev–Trinajstić information content (AvgIpc) is 3.34. The molecule has 0 radical (unpaired) electrons. The summed E-state index contributed by atoms with van der Waals surface area (Å²) in [6, 6.07) is 17.5. The number of benzene rings is 2. The second-order valence-electron chi connectivity index (χ2n) is 8.00. The van der Waals surface area contributed by atoms with Gasteiger partial charge in [0, 0.05) is 49.4 Å². The van der Waals surface area contributed by atoms with Crippen molar-refractivity contribution >= 4 is 35.6 Å². The van der Waals surface area contributed by atoms with E-state index in [1.54, 1.807) is 4.90 Å². The number of hydrogen-bond acceptors (Lipinski definition) is 4. The van der Waals surface area contributed by atoms with Crippen molar-refractivity contribution in [3.8, 4) is 0 Å². The van der Waals surface area contributed by atoms with Gasteiger partial charge in [-0.05, 0) is 37.1 Å². The summed E-state index contributed by atoms with van der Waals surface area (Å²) in [5.74, 6) is 0.312. The predicted octanol–water partition coefficient (Wildman–Crippen LogP) is 2.99. The molecule has 2 aromatic carbocycles. The Morgan fingerprint density at radius 3 is 2.60 bits per heavy atom. The van der Waals surface area contributed by atoms with Gasteiger partial charge in [-0.2, -0.15) is 0 Å². The van der Waals surface area contributed by atoms with Crippen LogP contribution in [0, 0.1) is 0 Å². The normalized spacial score (nSPS) is 22.6. The fourth-order valence-corrected chi connectivity index (χ4v) is 4.31. The molecule has 160 valence electrons. The number of carbonyl (C=O) groups excluding carboxylic acids is 2. The van der Waals surface area contributed by atoms with E-state index in [4.69, 9.17) is 5.73 Å². The Labute approximate surface area is 183 Å². The zero-order chi connectivity index (χ0) is 20.4. The number of anilines is 2. The molecule has 2 fully saturated rings. The van der Waals surface area contributed by atoms with E-state index < -0.39 is 0 Å². The van der Waals surface area contributed by atoms with Crippen LogP contribution in [0.3, 0.4) is 0 Å². The molecule has 2 amide bonds. The monoisotopic (exact) mass is 428 g/mol. The van der Waals surface area contributed by atoms with Crippen LogP contribution in [0.2, 0.25) is 0 Å². The number of halogens is 1. The zero-order valence-electron chi connectivity index (χ0n) is 17.2. The Kier molecular flexibility index (Phi) is 7.13. The molecule has 2 aromatic rings. The quantitative estimate of drug-likeness (QED) is 0.767. The van der Waals surface area contributed by atoms with Crippen LogP contribution in [0.25, 0.3) is 0 Å². The number of amides is 2. The van der Waals surface area contributed by atoms with Crippen molar-refractivity contribution < 1.29 is 9.59 Å². The Hall–Kier alpha value is -2.41. The van der Waals surface area contributed by atoms with Crippen molar-refractivity contribution in [1.29, 1.82) is 0 Å². The van der Waals surface area contributed by atoms with Gasteiger partial charge in [0.2, 0.25) is 11.8 Å². The summed E-state index contributed by atoms with van der Waals surface area (Å²) in [5.41, 5.74) is 9.15. The minimum absolute atomic E-state index is 0. The lowest BCUT2D eigenvalue weighted by molar-refractivity contribution is -0.120. The van der Waals surface area contributed by atoms with Gasteiger partial charge in [-0.3, -0.25) is 14.5 Å². The lowest BCUT2D eigenvalue weighted by Crippen LogP contribution is -2.41. The van der Waals surface area contributed by atoms with Gasteiger partial charge in [-0.15, -0.1) is 12.4 Å². The maximum Gasteiger partial charge on any atom is 0.241 e. The summed E-state index contributed by atoms with van der Waals surface area (Å²) < 4.78 is 0. The van der Waals surface area contributed by atoms with E-state index in [0.717, 1.165) is 25.2 Å². The van der Waals surface area contributed by atoms with Crippen LogP contribution in [0.1, 0.15) is 31.2 Å². The second-order valence-corrected chi connectivity index (χ2v) is 8.00. The molecular weight excluding hydrogens is 400 g/mol. The minimum Gasteiger partial charge on any atom is -0.326 e. The molecule has 0 spiro atoms. The third-order valence-electron chi connectivity index (χ3n) is 6.05. The topological polar surface area (TPSA) is 78.7 Å². The highest BCUT2D eigenvalue weighted by molar-refractivity contribution is 5.98. The number of rotatable bonds is 5. The first kappa shape index (κ1) is 22.3. The molecular formula is C23H29ClN4O2. The molecule has 2 heterocycles. The number of carbonyl (C=O) groups is 2. The standard InChI is InChI=1S/C23H28N4O2.ClH/c1-16(26-14-20(21(24)15-26)17-7-3-2-4-8-17)23(29)25-18-9-5-10-19(13-18)27-12-6-11-22(27)28;/h2-5,7-10,13,16,20-21H,6,11-12,14-15,24H2,1H3,(H,25,29);1H/t16?,20-,21+;/m0./s1. The molecule has 2 aliphatic heterocycles. The zero-order valence-corrected chi connectivity index (χ0v) is 18.0. The van der Waals surface area contributed by atoms with E-state index in [1.165, 1.54) is 5.56 Å². The average molecular weight is 429 g/mol. The molecule has 0 bridgehead atoms. The molecule has 1 unspecified atom stereocenters. The molecule has 0 saturated carbocycles. The molecule has 0 aromatic heterocycles. The third kappa shape index (κ3) is 4.67. The van der Waals surface area contributed by atoms with Crippen molar-refractivity contribution in [2.75, 3.05) is 29.9 Å². The molecule has 30 heavy (non-hydrogen) atoms. The fraction of sp³-hybridized carbons (Fsp3) is 0.391. The van der Waals surface area contributed by atoms with E-state index in [1.807, 2.05) is 49.4 Å². The van der Waals surface area contributed by atoms with Gasteiger partial charge in [0.25, 0.3) is 0 Å². The SMILES string of the molecule is CC(C(=O)Nc1cccc(N2CCCC2=O)c1)N1C[C@@H](N)[C@H](c2ccccc2)C1.Cl. The number of nitrogens with two attached hydrogens (primary N) is 1. The second kappa shape index (κ2) is 9.60. The van der Waals surface area contributed by atoms with Gasteiger partial charge < -0.3 is 16.0 Å². The molecule has 2 aliphatic rings. The van der Waals surface area contributed by atoms with Gasteiger partial charge in [0.05, 0.1) is 6.04 Å².